The van der Waals surface area contributed by atoms with Crippen molar-refractivity contribution >= 4 is 38.4 Å². The fraction of sp³-hybridized carbons (Fsp3) is 0.300. The van der Waals surface area contributed by atoms with Crippen molar-refractivity contribution in [2.45, 2.75) is 39.3 Å². The first-order valence-corrected chi connectivity index (χ1v) is 9.89. The lowest BCUT2D eigenvalue weighted by Gasteiger charge is -2.19. The van der Waals surface area contributed by atoms with E-state index in [1.165, 1.54) is 22.2 Å². The Kier molecular flexibility index (Phi) is 4.83. The van der Waals surface area contributed by atoms with Crippen molar-refractivity contribution in [3.63, 3.8) is 0 Å². The molecule has 8 nitrogen and oxygen atoms in total. The minimum absolute atomic E-state index is 0.0699. The molecule has 3 aromatic heterocycles. The number of ether oxygens (including phenoxy) is 1. The molecule has 0 bridgehead atoms. The Labute approximate surface area is 170 Å². The number of aromatic nitrogens is 5. The average Bonchev–Trinajstić information content (AvgIpc) is 3.06. The van der Waals surface area contributed by atoms with Crippen LogP contribution in [0.1, 0.15) is 31.5 Å². The van der Waals surface area contributed by atoms with Crippen LogP contribution in [-0.2, 0) is 22.5 Å². The molecule has 0 saturated carbocycles. The molecule has 148 valence electrons. The number of thiazole rings is 1. The molecule has 0 fully saturated rings. The molecule has 0 spiro atoms. The summed E-state index contributed by atoms with van der Waals surface area (Å²) in [4.78, 5) is 29.8. The van der Waals surface area contributed by atoms with E-state index < -0.39 is 11.6 Å². The van der Waals surface area contributed by atoms with Crippen molar-refractivity contribution in [3.8, 4) is 0 Å². The predicted molar refractivity (Wildman–Crippen MR) is 110 cm³/mol. The van der Waals surface area contributed by atoms with Gasteiger partial charge in [0.05, 0.1) is 35.1 Å². The maximum Gasteiger partial charge on any atom is 0.312 e. The summed E-state index contributed by atoms with van der Waals surface area (Å²) in [5.41, 5.74) is 0.477. The minimum atomic E-state index is -0.609. The normalized spacial score (nSPS) is 11.8. The maximum absolute atomic E-state index is 12.9. The smallest absolute Gasteiger partial charge is 0.312 e. The lowest BCUT2D eigenvalue weighted by Crippen LogP contribution is -2.29. The van der Waals surface area contributed by atoms with E-state index in [4.69, 9.17) is 4.74 Å². The Hall–Kier alpha value is -3.20. The second-order valence-corrected chi connectivity index (χ2v) is 8.66. The lowest BCUT2D eigenvalue weighted by molar-refractivity contribution is -0.153. The number of carbonyl (C=O) groups excluding carboxylic acids is 1. The van der Waals surface area contributed by atoms with Crippen molar-refractivity contribution < 1.29 is 9.53 Å². The summed E-state index contributed by atoms with van der Waals surface area (Å²) in [6.45, 7) is 5.59. The van der Waals surface area contributed by atoms with Crippen LogP contribution in [0.5, 0.6) is 0 Å². The second kappa shape index (κ2) is 7.32. The second-order valence-electron chi connectivity index (χ2n) is 7.54. The molecule has 29 heavy (non-hydrogen) atoms. The Bertz CT molecular complexity index is 1240. The Balaban J connectivity index is 1.75. The van der Waals surface area contributed by atoms with Gasteiger partial charge in [-0.25, -0.2) is 9.67 Å². The SMILES string of the molecule is CC(C)(C)OC(=O)Cc1nn(Cc2nc3ccccc3s2)c(=O)c2nnccc12. The third-order valence-electron chi connectivity index (χ3n) is 4.07. The van der Waals surface area contributed by atoms with Crippen molar-refractivity contribution in [2.75, 3.05) is 0 Å². The van der Waals surface area contributed by atoms with E-state index in [0.29, 0.717) is 11.1 Å². The van der Waals surface area contributed by atoms with Crippen molar-refractivity contribution in [2.24, 2.45) is 0 Å². The Morgan fingerprint density at radius 1 is 1.21 bits per heavy atom. The van der Waals surface area contributed by atoms with Crippen LogP contribution in [0.4, 0.5) is 0 Å². The fourth-order valence-corrected chi connectivity index (χ4v) is 3.91. The van der Waals surface area contributed by atoms with Gasteiger partial charge in [-0.2, -0.15) is 10.2 Å². The van der Waals surface area contributed by atoms with Crippen LogP contribution >= 0.6 is 11.3 Å². The number of fused-ring (bicyclic) bond motifs is 2. The summed E-state index contributed by atoms with van der Waals surface area (Å²) < 4.78 is 7.72. The van der Waals surface area contributed by atoms with Crippen molar-refractivity contribution in [1.29, 1.82) is 0 Å². The molecule has 0 saturated heterocycles. The highest BCUT2D eigenvalue weighted by Crippen LogP contribution is 2.22. The summed E-state index contributed by atoms with van der Waals surface area (Å²) in [6, 6.07) is 9.40. The third kappa shape index (κ3) is 4.14. The number of carbonyl (C=O) groups is 1. The number of hydrogen-bond acceptors (Lipinski definition) is 8. The molecule has 0 aliphatic heterocycles. The summed E-state index contributed by atoms with van der Waals surface area (Å²) >= 11 is 1.50. The van der Waals surface area contributed by atoms with Gasteiger partial charge in [0, 0.05) is 5.39 Å². The van der Waals surface area contributed by atoms with Crippen LogP contribution in [0.15, 0.2) is 41.3 Å². The lowest BCUT2D eigenvalue weighted by atomic mass is 10.1. The molecule has 0 aliphatic carbocycles. The minimum Gasteiger partial charge on any atom is -0.460 e. The summed E-state index contributed by atoms with van der Waals surface area (Å²) in [5, 5.41) is 13.5. The Morgan fingerprint density at radius 3 is 2.76 bits per heavy atom. The maximum atomic E-state index is 12.9. The van der Waals surface area contributed by atoms with Gasteiger partial charge in [-0.3, -0.25) is 9.59 Å². The largest absolute Gasteiger partial charge is 0.460 e. The molecule has 3 heterocycles. The van der Waals surface area contributed by atoms with Gasteiger partial charge >= 0.3 is 5.97 Å². The van der Waals surface area contributed by atoms with E-state index >= 15 is 0 Å². The molecule has 0 aliphatic rings. The van der Waals surface area contributed by atoms with E-state index in [1.54, 1.807) is 26.8 Å². The molecular weight excluding hydrogens is 390 g/mol. The highest BCUT2D eigenvalue weighted by atomic mass is 32.1. The zero-order chi connectivity index (χ0) is 20.6. The van der Waals surface area contributed by atoms with Gasteiger partial charge in [-0.1, -0.05) is 12.1 Å². The van der Waals surface area contributed by atoms with E-state index in [-0.39, 0.29) is 24.0 Å². The van der Waals surface area contributed by atoms with Crippen LogP contribution in [0.3, 0.4) is 0 Å². The quantitative estimate of drug-likeness (QED) is 0.478. The summed E-state index contributed by atoms with van der Waals surface area (Å²) in [5.74, 6) is -0.423. The molecule has 4 rings (SSSR count). The van der Waals surface area contributed by atoms with E-state index in [0.717, 1.165) is 15.2 Å². The van der Waals surface area contributed by atoms with Gasteiger partial charge < -0.3 is 4.74 Å². The van der Waals surface area contributed by atoms with Crippen LogP contribution < -0.4 is 5.56 Å². The van der Waals surface area contributed by atoms with Crippen LogP contribution in [0.25, 0.3) is 21.1 Å². The number of para-hydroxylation sites is 1. The molecule has 9 heteroatoms. The van der Waals surface area contributed by atoms with Crippen LogP contribution in [-0.4, -0.2) is 36.5 Å². The molecule has 0 N–H and O–H groups in total. The zero-order valence-corrected chi connectivity index (χ0v) is 17.1. The number of benzene rings is 1. The Morgan fingerprint density at radius 2 is 2.00 bits per heavy atom. The monoisotopic (exact) mass is 409 g/mol. The van der Waals surface area contributed by atoms with E-state index in [1.807, 2.05) is 24.3 Å². The molecule has 0 atom stereocenters. The molecular formula is C20H19N5O3S. The molecule has 0 unspecified atom stereocenters. The molecule has 1 aromatic carbocycles. The molecule has 4 aromatic rings. The average molecular weight is 409 g/mol. The van der Waals surface area contributed by atoms with E-state index in [2.05, 4.69) is 20.3 Å². The number of rotatable bonds is 4. The van der Waals surface area contributed by atoms with Crippen LogP contribution in [0, 0.1) is 0 Å². The number of hydrogen-bond donors (Lipinski definition) is 0. The number of esters is 1. The summed E-state index contributed by atoms with van der Waals surface area (Å²) in [6.07, 6.45) is 1.40. The predicted octanol–water partition coefficient (Wildman–Crippen LogP) is 2.73. The first-order chi connectivity index (χ1) is 13.8. The summed E-state index contributed by atoms with van der Waals surface area (Å²) in [7, 11) is 0. The highest BCUT2D eigenvalue weighted by molar-refractivity contribution is 7.18. The van der Waals surface area contributed by atoms with Crippen molar-refractivity contribution in [3.05, 3.63) is 57.6 Å². The zero-order valence-electron chi connectivity index (χ0n) is 16.2. The number of nitrogens with zero attached hydrogens (tertiary/aromatic N) is 5. The van der Waals surface area contributed by atoms with E-state index in [9.17, 15) is 9.59 Å². The topological polar surface area (TPSA) is 99.9 Å². The highest BCUT2D eigenvalue weighted by Gasteiger charge is 2.20. The standard InChI is InChI=1S/C20H19N5O3S/c1-20(2,3)28-17(26)10-14-12-8-9-21-23-18(12)19(27)25(24-14)11-16-22-13-6-4-5-7-15(13)29-16/h4-9H,10-11H2,1-3H3. The van der Waals surface area contributed by atoms with Gasteiger partial charge in [-0.05, 0) is 39.0 Å². The fourth-order valence-electron chi connectivity index (χ4n) is 2.96. The van der Waals surface area contributed by atoms with Gasteiger partial charge in [0.15, 0.2) is 5.52 Å². The molecule has 0 amide bonds. The third-order valence-corrected chi connectivity index (χ3v) is 5.09. The first-order valence-electron chi connectivity index (χ1n) is 9.08. The van der Waals surface area contributed by atoms with Crippen LogP contribution in [0.2, 0.25) is 0 Å². The molecule has 0 radical (unpaired) electrons. The first kappa shape index (κ1) is 19.1. The van der Waals surface area contributed by atoms with Gasteiger partial charge in [-0.15, -0.1) is 16.4 Å². The van der Waals surface area contributed by atoms with Crippen molar-refractivity contribution in [1.82, 2.24) is 25.0 Å². The van der Waals surface area contributed by atoms with Gasteiger partial charge in [0.1, 0.15) is 10.6 Å². The van der Waals surface area contributed by atoms with Gasteiger partial charge in [0.25, 0.3) is 5.56 Å². The van der Waals surface area contributed by atoms with Gasteiger partial charge in [0.2, 0.25) is 0 Å².